The van der Waals surface area contributed by atoms with Gasteiger partial charge in [0, 0.05) is 0 Å². The smallest absolute Gasteiger partial charge is 0.127 e. The Morgan fingerprint density at radius 3 is 1.75 bits per heavy atom. The van der Waals surface area contributed by atoms with Crippen LogP contribution >= 0.6 is 44.7 Å². The molecule has 0 aromatic heterocycles. The molecule has 0 aliphatic rings. The summed E-state index contributed by atoms with van der Waals surface area (Å²) in [7, 11) is 0. The highest BCUT2D eigenvalue weighted by Gasteiger charge is 2.13. The van der Waals surface area contributed by atoms with Gasteiger partial charge in [0.15, 0.2) is 0 Å². The molecule has 12 heavy (non-hydrogen) atoms. The van der Waals surface area contributed by atoms with E-state index in [1.807, 2.05) is 0 Å². The summed E-state index contributed by atoms with van der Waals surface area (Å²) >= 11 is 4.92. The maximum atomic E-state index is 2.46. The standard InChI is InChI=1S/C9H11BI2/c1-6-4-7(2)9(10(11)12)8(3)5-6/h4-5H,1-3H3. The van der Waals surface area contributed by atoms with Crippen molar-refractivity contribution >= 4 is 52.6 Å². The lowest BCUT2D eigenvalue weighted by Gasteiger charge is -2.10. The third kappa shape index (κ3) is 2.37. The molecular formula is C9H11BI2. The number of benzene rings is 1. The SMILES string of the molecule is Cc1cc(C)c(B(I)I)c(C)c1. The fourth-order valence-corrected chi connectivity index (χ4v) is 3.50. The van der Waals surface area contributed by atoms with Crippen molar-refractivity contribution in [2.75, 3.05) is 0 Å². The highest BCUT2D eigenvalue weighted by molar-refractivity contribution is 14.3. The molecule has 0 nitrogen and oxygen atoms in total. The largest absolute Gasteiger partial charge is 0.320 e. The fourth-order valence-electron chi connectivity index (χ4n) is 1.54. The van der Waals surface area contributed by atoms with E-state index < -0.39 is 0 Å². The summed E-state index contributed by atoms with van der Waals surface area (Å²) in [5.41, 5.74) is 5.69. The first-order valence-corrected chi connectivity index (χ1v) is 6.37. The summed E-state index contributed by atoms with van der Waals surface area (Å²) in [6.45, 7) is 6.54. The second-order valence-corrected chi connectivity index (χ2v) is 7.99. The van der Waals surface area contributed by atoms with Crippen molar-refractivity contribution in [3.05, 3.63) is 28.8 Å². The minimum absolute atomic E-state index is 0.584. The summed E-state index contributed by atoms with van der Waals surface area (Å²) in [6, 6.07) is 4.51. The second-order valence-electron chi connectivity index (χ2n) is 3.11. The fraction of sp³-hybridized carbons (Fsp3) is 0.333. The monoisotopic (exact) mass is 384 g/mol. The van der Waals surface area contributed by atoms with Crippen LogP contribution in [0, 0.1) is 20.8 Å². The number of rotatable bonds is 1. The molecule has 0 atom stereocenters. The Morgan fingerprint density at radius 2 is 1.42 bits per heavy atom. The predicted molar refractivity (Wildman–Crippen MR) is 74.1 cm³/mol. The van der Waals surface area contributed by atoms with E-state index in [0.29, 0.717) is 2.43 Å². The highest BCUT2D eigenvalue weighted by atomic mass is 127. The normalized spacial score (nSPS) is 10.1. The van der Waals surface area contributed by atoms with Crippen LogP contribution in [0.1, 0.15) is 16.7 Å². The van der Waals surface area contributed by atoms with Gasteiger partial charge in [-0.05, 0) is 20.8 Å². The van der Waals surface area contributed by atoms with Crippen molar-refractivity contribution in [1.29, 1.82) is 0 Å². The van der Waals surface area contributed by atoms with Crippen LogP contribution in [0.3, 0.4) is 0 Å². The van der Waals surface area contributed by atoms with Crippen molar-refractivity contribution < 1.29 is 0 Å². The molecule has 3 heteroatoms. The summed E-state index contributed by atoms with van der Waals surface area (Å²) in [6.07, 6.45) is 0. The number of hydrogen-bond acceptors (Lipinski definition) is 0. The summed E-state index contributed by atoms with van der Waals surface area (Å²) in [5, 5.41) is 0. The molecule has 0 spiro atoms. The van der Waals surface area contributed by atoms with Crippen LogP contribution in [0.4, 0.5) is 0 Å². The molecule has 1 aromatic carbocycles. The third-order valence-electron chi connectivity index (χ3n) is 1.96. The molecule has 0 fully saturated rings. The van der Waals surface area contributed by atoms with Gasteiger partial charge >= 0.3 is 2.43 Å². The maximum Gasteiger partial charge on any atom is 0.320 e. The highest BCUT2D eigenvalue weighted by Crippen LogP contribution is 2.13. The molecule has 0 N–H and O–H groups in total. The molecule has 0 saturated carbocycles. The van der Waals surface area contributed by atoms with E-state index in [0.717, 1.165) is 0 Å². The topological polar surface area (TPSA) is 0 Å². The van der Waals surface area contributed by atoms with Crippen LogP contribution in [-0.4, -0.2) is 2.43 Å². The van der Waals surface area contributed by atoms with Gasteiger partial charge in [-0.15, -0.1) is 44.7 Å². The van der Waals surface area contributed by atoms with Gasteiger partial charge in [0.25, 0.3) is 0 Å². The molecule has 0 amide bonds. The van der Waals surface area contributed by atoms with E-state index in [4.69, 9.17) is 0 Å². The van der Waals surface area contributed by atoms with Crippen LogP contribution in [0.15, 0.2) is 12.1 Å². The van der Waals surface area contributed by atoms with Crippen LogP contribution in [0.5, 0.6) is 0 Å². The van der Waals surface area contributed by atoms with Crippen LogP contribution in [-0.2, 0) is 0 Å². The predicted octanol–water partition coefficient (Wildman–Crippen LogP) is 3.18. The molecule has 0 heterocycles. The lowest BCUT2D eigenvalue weighted by Crippen LogP contribution is -2.23. The van der Waals surface area contributed by atoms with Gasteiger partial charge in [0.1, 0.15) is 0 Å². The van der Waals surface area contributed by atoms with Gasteiger partial charge in [-0.1, -0.05) is 34.3 Å². The first-order valence-electron chi connectivity index (χ1n) is 3.88. The lowest BCUT2D eigenvalue weighted by molar-refractivity contribution is 1.35. The Bertz CT molecular complexity index is 272. The van der Waals surface area contributed by atoms with Crippen molar-refractivity contribution in [2.45, 2.75) is 20.8 Å². The molecule has 64 valence electrons. The summed E-state index contributed by atoms with van der Waals surface area (Å²) < 4.78 is 0.584. The van der Waals surface area contributed by atoms with Crippen LogP contribution < -0.4 is 5.46 Å². The molecule has 1 aromatic rings. The first-order chi connectivity index (χ1) is 5.52. The van der Waals surface area contributed by atoms with Gasteiger partial charge in [-0.25, -0.2) is 0 Å². The van der Waals surface area contributed by atoms with E-state index >= 15 is 0 Å². The van der Waals surface area contributed by atoms with Crippen LogP contribution in [0.25, 0.3) is 0 Å². The molecule has 0 unspecified atom stereocenters. The van der Waals surface area contributed by atoms with Gasteiger partial charge < -0.3 is 0 Å². The Hall–Kier alpha value is 0.745. The average molecular weight is 384 g/mol. The van der Waals surface area contributed by atoms with Crippen LogP contribution in [0.2, 0.25) is 0 Å². The van der Waals surface area contributed by atoms with E-state index in [1.54, 1.807) is 0 Å². The zero-order valence-electron chi connectivity index (χ0n) is 7.49. The Morgan fingerprint density at radius 1 is 1.00 bits per heavy atom. The number of aryl methyl sites for hydroxylation is 3. The molecular weight excluding hydrogens is 373 g/mol. The first kappa shape index (κ1) is 10.8. The Kier molecular flexibility index (Phi) is 3.88. The minimum atomic E-state index is 0.584. The quantitative estimate of drug-likeness (QED) is 0.516. The average Bonchev–Trinajstić information content (AvgIpc) is 1.82. The minimum Gasteiger partial charge on any atom is -0.127 e. The number of hydrogen-bond donors (Lipinski definition) is 0. The summed E-state index contributed by atoms with van der Waals surface area (Å²) in [5.74, 6) is 0. The lowest BCUT2D eigenvalue weighted by atomic mass is 9.85. The molecule has 0 aliphatic carbocycles. The Labute approximate surface area is 101 Å². The van der Waals surface area contributed by atoms with Gasteiger partial charge in [-0.3, -0.25) is 0 Å². The zero-order valence-corrected chi connectivity index (χ0v) is 11.8. The van der Waals surface area contributed by atoms with Crippen molar-refractivity contribution in [1.82, 2.24) is 0 Å². The second kappa shape index (κ2) is 4.31. The van der Waals surface area contributed by atoms with Crippen molar-refractivity contribution in [3.63, 3.8) is 0 Å². The third-order valence-corrected chi connectivity index (χ3v) is 3.20. The molecule has 0 saturated heterocycles. The molecule has 1 rings (SSSR count). The molecule has 0 bridgehead atoms. The molecule has 0 aliphatic heterocycles. The van der Waals surface area contributed by atoms with Crippen molar-refractivity contribution in [2.24, 2.45) is 0 Å². The van der Waals surface area contributed by atoms with Gasteiger partial charge in [0.05, 0.1) is 0 Å². The number of halogens is 2. The van der Waals surface area contributed by atoms with Gasteiger partial charge in [0.2, 0.25) is 0 Å². The maximum absolute atomic E-state index is 2.46. The Balaban J connectivity index is 3.28. The molecule has 0 radical (unpaired) electrons. The van der Waals surface area contributed by atoms with E-state index in [1.165, 1.54) is 22.2 Å². The summed E-state index contributed by atoms with van der Waals surface area (Å²) in [4.78, 5) is 0. The van der Waals surface area contributed by atoms with Crippen molar-refractivity contribution in [3.8, 4) is 0 Å². The van der Waals surface area contributed by atoms with Gasteiger partial charge in [-0.2, -0.15) is 0 Å². The van der Waals surface area contributed by atoms with E-state index in [9.17, 15) is 0 Å². The van der Waals surface area contributed by atoms with E-state index in [-0.39, 0.29) is 0 Å². The zero-order chi connectivity index (χ0) is 9.30. The van der Waals surface area contributed by atoms with E-state index in [2.05, 4.69) is 77.7 Å².